The molecule has 0 aliphatic carbocycles. The first-order valence-corrected chi connectivity index (χ1v) is 5.36. The van der Waals surface area contributed by atoms with E-state index in [0.29, 0.717) is 11.3 Å². The summed E-state index contributed by atoms with van der Waals surface area (Å²) in [5.74, 6) is -1.33. The minimum atomic E-state index is -4.85. The minimum Gasteiger partial charge on any atom is -0.464 e. The monoisotopic (exact) mass is 256 g/mol. The van der Waals surface area contributed by atoms with Crippen molar-refractivity contribution in [1.82, 2.24) is 0 Å². The Morgan fingerprint density at radius 2 is 1.83 bits per heavy atom. The highest BCUT2D eigenvalue weighted by atomic mass is 19.4. The van der Waals surface area contributed by atoms with Crippen LogP contribution in [-0.2, 0) is 11.2 Å². The van der Waals surface area contributed by atoms with Crippen molar-refractivity contribution >= 4 is 5.78 Å². The molecule has 0 spiro atoms. The molecule has 0 saturated heterocycles. The molecule has 2 rings (SSSR count). The molecule has 0 atom stereocenters. The van der Waals surface area contributed by atoms with Crippen LogP contribution in [0.1, 0.15) is 16.7 Å². The van der Waals surface area contributed by atoms with E-state index < -0.39 is 12.0 Å². The Kier molecular flexibility index (Phi) is 2.92. The SMILES string of the molecule is Cc1cc2c(cc1C)OC=C(C(=O)C(F)(F)F)C2. The van der Waals surface area contributed by atoms with Crippen LogP contribution in [-0.4, -0.2) is 12.0 Å². The zero-order chi connectivity index (χ0) is 13.5. The maximum atomic E-state index is 12.3. The molecule has 1 aromatic rings. The average Bonchev–Trinajstić information content (AvgIpc) is 2.28. The van der Waals surface area contributed by atoms with E-state index in [-0.39, 0.29) is 12.0 Å². The molecule has 0 aromatic heterocycles. The number of ether oxygens (including phenoxy) is 1. The maximum absolute atomic E-state index is 12.3. The smallest absolute Gasteiger partial charge is 0.454 e. The van der Waals surface area contributed by atoms with Crippen LogP contribution in [0, 0.1) is 13.8 Å². The molecule has 1 aromatic carbocycles. The van der Waals surface area contributed by atoms with E-state index in [9.17, 15) is 18.0 Å². The second-order valence-corrected chi connectivity index (χ2v) is 4.31. The predicted molar refractivity (Wildman–Crippen MR) is 59.4 cm³/mol. The summed E-state index contributed by atoms with van der Waals surface area (Å²) in [5.41, 5.74) is 2.19. The Hall–Kier alpha value is -1.78. The number of benzene rings is 1. The fourth-order valence-corrected chi connectivity index (χ4v) is 1.79. The molecular formula is C13H11F3O2. The number of aryl methyl sites for hydroxylation is 2. The van der Waals surface area contributed by atoms with E-state index in [0.717, 1.165) is 17.4 Å². The molecule has 2 nitrogen and oxygen atoms in total. The molecule has 96 valence electrons. The number of hydrogen-bond donors (Lipinski definition) is 0. The largest absolute Gasteiger partial charge is 0.464 e. The number of fused-ring (bicyclic) bond motifs is 1. The number of halogens is 3. The van der Waals surface area contributed by atoms with E-state index in [2.05, 4.69) is 0 Å². The maximum Gasteiger partial charge on any atom is 0.454 e. The third-order valence-electron chi connectivity index (χ3n) is 2.94. The highest BCUT2D eigenvalue weighted by Gasteiger charge is 2.41. The Morgan fingerprint density at radius 1 is 1.22 bits per heavy atom. The summed E-state index contributed by atoms with van der Waals surface area (Å²) in [6.07, 6.45) is -4.01. The number of carbonyl (C=O) groups excluding carboxylic acids is 1. The third-order valence-corrected chi connectivity index (χ3v) is 2.94. The van der Waals surface area contributed by atoms with Gasteiger partial charge in [0.25, 0.3) is 5.78 Å². The van der Waals surface area contributed by atoms with Gasteiger partial charge < -0.3 is 4.74 Å². The standard InChI is InChI=1S/C13H11F3O2/c1-7-3-9-5-10(12(17)13(14,15)16)6-18-11(9)4-8(7)2/h3-4,6H,5H2,1-2H3. The highest BCUT2D eigenvalue weighted by Crippen LogP contribution is 2.32. The molecule has 0 saturated carbocycles. The Labute approximate surface area is 102 Å². The first kappa shape index (κ1) is 12.7. The van der Waals surface area contributed by atoms with Crippen molar-refractivity contribution in [3.63, 3.8) is 0 Å². The summed E-state index contributed by atoms with van der Waals surface area (Å²) in [5, 5.41) is 0. The number of allylic oxidation sites excluding steroid dienone is 1. The quantitative estimate of drug-likeness (QED) is 0.771. The van der Waals surface area contributed by atoms with Gasteiger partial charge in [-0.3, -0.25) is 4.79 Å². The molecule has 0 N–H and O–H groups in total. The van der Waals surface area contributed by atoms with Crippen LogP contribution < -0.4 is 4.74 Å². The van der Waals surface area contributed by atoms with E-state index >= 15 is 0 Å². The van der Waals surface area contributed by atoms with Crippen LogP contribution in [0.3, 0.4) is 0 Å². The molecule has 0 unspecified atom stereocenters. The van der Waals surface area contributed by atoms with Gasteiger partial charge in [-0.25, -0.2) is 0 Å². The lowest BCUT2D eigenvalue weighted by Gasteiger charge is -2.19. The Balaban J connectivity index is 2.31. The summed E-state index contributed by atoms with van der Waals surface area (Å²) in [7, 11) is 0. The van der Waals surface area contributed by atoms with Crippen LogP contribution in [0.2, 0.25) is 0 Å². The molecule has 0 fully saturated rings. The average molecular weight is 256 g/mol. The number of hydrogen-bond acceptors (Lipinski definition) is 2. The first-order chi connectivity index (χ1) is 8.29. The van der Waals surface area contributed by atoms with E-state index in [1.165, 1.54) is 0 Å². The van der Waals surface area contributed by atoms with Gasteiger partial charge in [0.1, 0.15) is 5.75 Å². The van der Waals surface area contributed by atoms with Crippen molar-refractivity contribution in [2.24, 2.45) is 0 Å². The number of rotatable bonds is 1. The molecule has 1 aliphatic rings. The first-order valence-electron chi connectivity index (χ1n) is 5.36. The normalized spacial score (nSPS) is 14.6. The second kappa shape index (κ2) is 4.15. The van der Waals surface area contributed by atoms with Crippen LogP contribution >= 0.6 is 0 Å². The van der Waals surface area contributed by atoms with Crippen molar-refractivity contribution in [2.75, 3.05) is 0 Å². The van der Waals surface area contributed by atoms with Gasteiger partial charge in [0.05, 0.1) is 6.26 Å². The summed E-state index contributed by atoms with van der Waals surface area (Å²) < 4.78 is 42.0. The number of ketones is 1. The van der Waals surface area contributed by atoms with Gasteiger partial charge >= 0.3 is 6.18 Å². The molecule has 5 heteroatoms. The van der Waals surface area contributed by atoms with Crippen LogP contribution in [0.5, 0.6) is 5.75 Å². The van der Waals surface area contributed by atoms with E-state index in [1.54, 1.807) is 12.1 Å². The Morgan fingerprint density at radius 3 is 2.44 bits per heavy atom. The van der Waals surface area contributed by atoms with E-state index in [1.807, 2.05) is 13.8 Å². The number of carbonyl (C=O) groups is 1. The van der Waals surface area contributed by atoms with E-state index in [4.69, 9.17) is 4.74 Å². The van der Waals surface area contributed by atoms with Crippen molar-refractivity contribution < 1.29 is 22.7 Å². The van der Waals surface area contributed by atoms with Crippen molar-refractivity contribution in [2.45, 2.75) is 26.4 Å². The lowest BCUT2D eigenvalue weighted by atomic mass is 9.96. The van der Waals surface area contributed by atoms with Crippen molar-refractivity contribution in [3.05, 3.63) is 40.7 Å². The van der Waals surface area contributed by atoms with Gasteiger partial charge in [0.15, 0.2) is 0 Å². The van der Waals surface area contributed by atoms with Gasteiger partial charge in [-0.2, -0.15) is 13.2 Å². The lowest BCUT2D eigenvalue weighted by molar-refractivity contribution is -0.166. The summed E-state index contributed by atoms with van der Waals surface area (Å²) >= 11 is 0. The molecule has 0 radical (unpaired) electrons. The number of Topliss-reactive ketones (excluding diaryl/α,β-unsaturated/α-hetero) is 1. The zero-order valence-electron chi connectivity index (χ0n) is 9.89. The van der Waals surface area contributed by atoms with Gasteiger partial charge in [-0.1, -0.05) is 6.07 Å². The summed E-state index contributed by atoms with van der Waals surface area (Å²) in [4.78, 5) is 11.1. The zero-order valence-corrected chi connectivity index (χ0v) is 9.89. The summed E-state index contributed by atoms with van der Waals surface area (Å²) in [6, 6.07) is 3.51. The summed E-state index contributed by atoms with van der Waals surface area (Å²) in [6.45, 7) is 3.75. The lowest BCUT2D eigenvalue weighted by Crippen LogP contribution is -2.27. The van der Waals surface area contributed by atoms with Crippen LogP contribution in [0.15, 0.2) is 24.0 Å². The minimum absolute atomic E-state index is 0.0468. The number of alkyl halides is 3. The van der Waals surface area contributed by atoms with Gasteiger partial charge in [0, 0.05) is 12.0 Å². The Bertz CT molecular complexity index is 542. The highest BCUT2D eigenvalue weighted by molar-refractivity contribution is 6.00. The van der Waals surface area contributed by atoms with Crippen LogP contribution in [0.4, 0.5) is 13.2 Å². The van der Waals surface area contributed by atoms with Gasteiger partial charge in [-0.05, 0) is 36.6 Å². The molecular weight excluding hydrogens is 245 g/mol. The van der Waals surface area contributed by atoms with Crippen molar-refractivity contribution in [3.8, 4) is 5.75 Å². The third kappa shape index (κ3) is 2.25. The molecule has 18 heavy (non-hydrogen) atoms. The van der Waals surface area contributed by atoms with Crippen molar-refractivity contribution in [1.29, 1.82) is 0 Å². The molecule has 0 amide bonds. The van der Waals surface area contributed by atoms with Gasteiger partial charge in [0.2, 0.25) is 0 Å². The molecule has 0 bridgehead atoms. The fourth-order valence-electron chi connectivity index (χ4n) is 1.79. The predicted octanol–water partition coefficient (Wildman–Crippen LogP) is 3.25. The van der Waals surface area contributed by atoms with Gasteiger partial charge in [-0.15, -0.1) is 0 Å². The molecule has 1 heterocycles. The van der Waals surface area contributed by atoms with Crippen LogP contribution in [0.25, 0.3) is 0 Å². The fraction of sp³-hybridized carbons (Fsp3) is 0.308. The topological polar surface area (TPSA) is 26.3 Å². The molecule has 1 aliphatic heterocycles. The second-order valence-electron chi connectivity index (χ2n) is 4.31.